The predicted octanol–water partition coefficient (Wildman–Crippen LogP) is 4.51. The minimum atomic E-state index is -1.32. The second-order valence-electron chi connectivity index (χ2n) is 14.0. The lowest BCUT2D eigenvalue weighted by molar-refractivity contribution is -0.136. The van der Waals surface area contributed by atoms with Gasteiger partial charge in [-0.2, -0.15) is 0 Å². The quantitative estimate of drug-likeness (QED) is 0.217. The van der Waals surface area contributed by atoms with Gasteiger partial charge in [0.25, 0.3) is 0 Å². The number of nitrogens with zero attached hydrogens (tertiary/aromatic N) is 2. The molecular weight excluding hydrogens is 654 g/mol. The monoisotopic (exact) mass is 689 g/mol. The summed E-state index contributed by atoms with van der Waals surface area (Å²) >= 11 is 6.63. The number of amides is 2. The molecule has 4 aromatic rings. The van der Waals surface area contributed by atoms with Gasteiger partial charge in [-0.15, -0.1) is 0 Å². The molecule has 0 aliphatic carbocycles. The lowest BCUT2D eigenvalue weighted by Crippen LogP contribution is -2.53. The molecule has 2 aromatic heterocycles. The number of carbonyl (C=O) groups excluding carboxylic acids is 3. The SMILES string of the molecule is COC(=O)c1coc(-c2nc3oc2C24c5cc(Cl)ccc5N[C@@H]2Oc2ccc(cc24)C[C@H](NC(=O)[C@@H](O)C(C)C)C(=O)N[C@H]3C(C)(C)C)n1. The van der Waals surface area contributed by atoms with Crippen LogP contribution in [0.3, 0.4) is 0 Å². The number of anilines is 1. The molecule has 5 atom stereocenters. The second-order valence-corrected chi connectivity index (χ2v) is 14.4. The van der Waals surface area contributed by atoms with E-state index < -0.39 is 53.0 Å². The Hall–Kier alpha value is -4.88. The molecule has 1 spiro atoms. The van der Waals surface area contributed by atoms with E-state index in [-0.39, 0.29) is 35.5 Å². The molecule has 13 nitrogen and oxygen atoms in total. The highest BCUT2D eigenvalue weighted by atomic mass is 35.5. The predicted molar refractivity (Wildman–Crippen MR) is 176 cm³/mol. The highest BCUT2D eigenvalue weighted by Gasteiger charge is 2.61. The van der Waals surface area contributed by atoms with Crippen LogP contribution in [0.25, 0.3) is 11.6 Å². The lowest BCUT2D eigenvalue weighted by atomic mass is 9.72. The number of methoxy groups -OCH3 is 1. The Morgan fingerprint density at radius 2 is 1.90 bits per heavy atom. The van der Waals surface area contributed by atoms with E-state index in [1.807, 2.05) is 45.0 Å². The number of aliphatic hydroxyl groups excluding tert-OH is 1. The van der Waals surface area contributed by atoms with Gasteiger partial charge in [0.15, 0.2) is 23.4 Å². The molecule has 49 heavy (non-hydrogen) atoms. The van der Waals surface area contributed by atoms with Crippen molar-refractivity contribution in [3.05, 3.63) is 81.7 Å². The maximum absolute atomic E-state index is 14.1. The van der Waals surface area contributed by atoms with Crippen molar-refractivity contribution in [2.24, 2.45) is 11.3 Å². The number of carbonyl (C=O) groups is 3. The molecule has 0 fully saturated rings. The van der Waals surface area contributed by atoms with Crippen molar-refractivity contribution in [3.63, 3.8) is 0 Å². The van der Waals surface area contributed by atoms with Crippen LogP contribution in [-0.4, -0.2) is 58.3 Å². The minimum absolute atomic E-state index is 0.0136. The first-order valence-electron chi connectivity index (χ1n) is 15.9. The van der Waals surface area contributed by atoms with Gasteiger partial charge in [-0.05, 0) is 41.2 Å². The number of fused-ring (bicyclic) bond motifs is 4. The minimum Gasteiger partial charge on any atom is -0.469 e. The average molecular weight is 690 g/mol. The molecule has 3 aliphatic heterocycles. The van der Waals surface area contributed by atoms with Crippen molar-refractivity contribution in [2.75, 3.05) is 12.4 Å². The normalized spacial score (nSPS) is 22.9. The second kappa shape index (κ2) is 11.6. The summed E-state index contributed by atoms with van der Waals surface area (Å²) in [7, 11) is 1.24. The zero-order chi connectivity index (χ0) is 35.0. The number of ether oxygens (including phenoxy) is 2. The topological polar surface area (TPSA) is 178 Å². The largest absolute Gasteiger partial charge is 0.469 e. The van der Waals surface area contributed by atoms with Crippen LogP contribution in [0.1, 0.15) is 79.5 Å². The standard InChI is InChI=1S/C35H36ClN5O8/c1-15(2)25(42)29(44)37-21-12-16-7-10-23-19(11-16)35(18-13-17(36)8-9-20(18)39-33(35)48-23)27-24(30-38-22(14-47-30)32(45)46-6)40-31(49-27)26(34(3,4)5)41-28(21)43/h7-11,13-15,21,25-26,33,39,42H,12H2,1-6H3,(H,37,44)(H,41,43)/t21-,25-,26+,33+,35?/m0/s1. The van der Waals surface area contributed by atoms with Crippen molar-refractivity contribution in [2.45, 2.75) is 70.9 Å². The van der Waals surface area contributed by atoms with Crippen molar-refractivity contribution in [3.8, 4) is 17.3 Å². The fraction of sp³-hybridized carbons (Fsp3) is 0.400. The fourth-order valence-corrected chi connectivity index (χ4v) is 6.89. The first-order chi connectivity index (χ1) is 23.2. The first-order valence-corrected chi connectivity index (χ1v) is 16.3. The summed E-state index contributed by atoms with van der Waals surface area (Å²) in [5, 5.41) is 20.3. The van der Waals surface area contributed by atoms with E-state index in [1.54, 1.807) is 26.0 Å². The number of hydrogen-bond acceptors (Lipinski definition) is 11. The van der Waals surface area contributed by atoms with Crippen molar-refractivity contribution >= 4 is 35.1 Å². The van der Waals surface area contributed by atoms with Crippen molar-refractivity contribution < 1.29 is 37.8 Å². The van der Waals surface area contributed by atoms with Crippen LogP contribution in [0.2, 0.25) is 5.02 Å². The van der Waals surface area contributed by atoms with Crippen LogP contribution in [-0.2, 0) is 26.2 Å². The highest BCUT2D eigenvalue weighted by Crippen LogP contribution is 2.60. The smallest absolute Gasteiger partial charge is 0.360 e. The summed E-state index contributed by atoms with van der Waals surface area (Å²) in [5.41, 5.74) is 1.12. The Morgan fingerprint density at radius 3 is 2.61 bits per heavy atom. The van der Waals surface area contributed by atoms with E-state index >= 15 is 0 Å². The third-order valence-corrected chi connectivity index (χ3v) is 9.51. The Bertz CT molecular complexity index is 2000. The number of rotatable bonds is 5. The van der Waals surface area contributed by atoms with E-state index in [9.17, 15) is 19.5 Å². The number of hydrogen-bond donors (Lipinski definition) is 4. The van der Waals surface area contributed by atoms with Gasteiger partial charge in [-0.1, -0.05) is 58.4 Å². The van der Waals surface area contributed by atoms with Crippen LogP contribution in [0.15, 0.2) is 51.5 Å². The van der Waals surface area contributed by atoms with E-state index in [0.717, 1.165) is 11.3 Å². The number of nitrogens with one attached hydrogen (secondary N) is 3. The third-order valence-electron chi connectivity index (χ3n) is 9.28. The van der Waals surface area contributed by atoms with E-state index in [2.05, 4.69) is 20.9 Å². The summed E-state index contributed by atoms with van der Waals surface area (Å²) in [5.74, 6) is -1.27. The average Bonchev–Trinajstić information content (AvgIpc) is 3.83. The van der Waals surface area contributed by atoms with Gasteiger partial charge < -0.3 is 39.4 Å². The lowest BCUT2D eigenvalue weighted by Gasteiger charge is -2.32. The Labute approximate surface area is 286 Å². The molecule has 4 bridgehead atoms. The van der Waals surface area contributed by atoms with Crippen LogP contribution in [0, 0.1) is 11.3 Å². The Kier molecular flexibility index (Phi) is 7.75. The number of aliphatic hydroxyl groups is 1. The molecule has 7 rings (SSSR count). The fourth-order valence-electron chi connectivity index (χ4n) is 6.72. The highest BCUT2D eigenvalue weighted by molar-refractivity contribution is 6.30. The maximum Gasteiger partial charge on any atom is 0.360 e. The van der Waals surface area contributed by atoms with Gasteiger partial charge >= 0.3 is 5.97 Å². The van der Waals surface area contributed by atoms with Crippen LogP contribution >= 0.6 is 11.6 Å². The van der Waals surface area contributed by atoms with E-state index in [4.69, 9.17) is 34.9 Å². The van der Waals surface area contributed by atoms with Gasteiger partial charge in [0.1, 0.15) is 35.6 Å². The van der Waals surface area contributed by atoms with Gasteiger partial charge in [0.05, 0.1) is 7.11 Å². The molecule has 3 aliphatic rings. The molecule has 1 unspecified atom stereocenters. The zero-order valence-electron chi connectivity index (χ0n) is 27.7. The zero-order valence-corrected chi connectivity index (χ0v) is 28.5. The van der Waals surface area contributed by atoms with Gasteiger partial charge in [0.2, 0.25) is 23.6 Å². The summed E-state index contributed by atoms with van der Waals surface area (Å²) in [6, 6.07) is 9.10. The van der Waals surface area contributed by atoms with Gasteiger partial charge in [-0.25, -0.2) is 14.8 Å². The van der Waals surface area contributed by atoms with E-state index in [1.165, 1.54) is 13.4 Å². The summed E-state index contributed by atoms with van der Waals surface area (Å²) < 4.78 is 24.1. The third kappa shape index (κ3) is 5.23. The molecule has 4 N–H and O–H groups in total. The molecule has 0 radical (unpaired) electrons. The number of aromatic nitrogens is 2. The van der Waals surface area contributed by atoms with Crippen molar-refractivity contribution in [1.29, 1.82) is 0 Å². The molecule has 14 heteroatoms. The van der Waals surface area contributed by atoms with Gasteiger partial charge in [0, 0.05) is 28.3 Å². The van der Waals surface area contributed by atoms with E-state index in [0.29, 0.717) is 27.7 Å². The van der Waals surface area contributed by atoms with Crippen LogP contribution in [0.4, 0.5) is 5.69 Å². The number of oxazole rings is 2. The van der Waals surface area contributed by atoms with Crippen molar-refractivity contribution in [1.82, 2.24) is 20.6 Å². The Balaban J connectivity index is 1.51. The summed E-state index contributed by atoms with van der Waals surface area (Å²) in [4.78, 5) is 49.0. The Morgan fingerprint density at radius 1 is 1.12 bits per heavy atom. The van der Waals surface area contributed by atoms with Gasteiger partial charge in [-0.3, -0.25) is 9.59 Å². The summed E-state index contributed by atoms with van der Waals surface area (Å²) in [6.07, 6.45) is -0.768. The molecule has 0 saturated heterocycles. The maximum atomic E-state index is 14.1. The summed E-state index contributed by atoms with van der Waals surface area (Å²) in [6.45, 7) is 9.18. The molecule has 2 aromatic carbocycles. The number of esters is 1. The van der Waals surface area contributed by atoms with Crippen LogP contribution < -0.4 is 20.7 Å². The molecule has 256 valence electrons. The molecule has 0 saturated carbocycles. The molecule has 2 amide bonds. The molecule has 5 heterocycles. The number of halogens is 1. The first kappa shape index (κ1) is 32.7. The van der Waals surface area contributed by atoms with Crippen LogP contribution in [0.5, 0.6) is 5.75 Å². The molecular formula is C35H36ClN5O8. The number of benzene rings is 2.